The summed E-state index contributed by atoms with van der Waals surface area (Å²) in [5.41, 5.74) is 4.87. The summed E-state index contributed by atoms with van der Waals surface area (Å²) in [7, 11) is 1.42. The number of H-pyrrole nitrogens is 1. The van der Waals surface area contributed by atoms with Crippen molar-refractivity contribution in [1.82, 2.24) is 9.88 Å². The lowest BCUT2D eigenvalue weighted by Gasteiger charge is -2.48. The molecule has 4 aliphatic rings. The molecule has 6 rings (SSSR count). The fourth-order valence-electron chi connectivity index (χ4n) is 8.60. The summed E-state index contributed by atoms with van der Waals surface area (Å²) in [4.78, 5) is 32.6. The number of esters is 2. The first-order valence-corrected chi connectivity index (χ1v) is 13.9. The number of hydrogen-bond donors (Lipinski definition) is 1. The Kier molecular flexibility index (Phi) is 5.39. The van der Waals surface area contributed by atoms with Gasteiger partial charge in [-0.3, -0.25) is 4.79 Å². The molecular weight excluding hydrogens is 464 g/mol. The van der Waals surface area contributed by atoms with Crippen molar-refractivity contribution in [2.45, 2.75) is 84.8 Å². The standard InChI is InChI=1S/C31H40N2O4/c1-18-26(28(35)37-31(5)17-20-11-13-30(31,4)29(20,2)3)19(16-25(34)36-6)15-24-27-22(12-14-33(18)24)21-9-7-8-10-23(21)32-27/h7-10,19-20,24,32H,11-17H2,1-6H3. The zero-order chi connectivity index (χ0) is 26.3. The summed E-state index contributed by atoms with van der Waals surface area (Å²) in [5, 5.41) is 1.27. The normalized spacial score (nSPS) is 33.9. The number of nitrogens with zero attached hydrogens (tertiary/aromatic N) is 1. The number of aromatic amines is 1. The summed E-state index contributed by atoms with van der Waals surface area (Å²) in [6.07, 6.45) is 4.96. The SMILES string of the molecule is COC(=O)CC1CC2c3[nH]c4ccccc4c3CCN2C(C)=C1C(=O)OC1(C)CC2CCC1(C)C2(C)C. The van der Waals surface area contributed by atoms with E-state index in [0.29, 0.717) is 17.9 Å². The minimum absolute atomic E-state index is 0.0613. The molecule has 37 heavy (non-hydrogen) atoms. The molecule has 3 heterocycles. The second-order valence-electron chi connectivity index (χ2n) is 12.8. The van der Waals surface area contributed by atoms with Crippen LogP contribution in [0.15, 0.2) is 35.5 Å². The molecule has 1 aromatic heterocycles. The first-order chi connectivity index (χ1) is 17.5. The molecule has 0 radical (unpaired) electrons. The van der Waals surface area contributed by atoms with Gasteiger partial charge in [0.25, 0.3) is 0 Å². The van der Waals surface area contributed by atoms with E-state index in [2.05, 4.69) is 61.8 Å². The van der Waals surface area contributed by atoms with Gasteiger partial charge in [0.1, 0.15) is 5.60 Å². The molecule has 198 valence electrons. The van der Waals surface area contributed by atoms with E-state index >= 15 is 0 Å². The summed E-state index contributed by atoms with van der Waals surface area (Å²) in [6, 6.07) is 8.54. The van der Waals surface area contributed by atoms with Crippen LogP contribution in [0.5, 0.6) is 0 Å². The highest BCUT2D eigenvalue weighted by Crippen LogP contribution is 2.70. The summed E-state index contributed by atoms with van der Waals surface area (Å²) in [5.74, 6) is -0.223. The van der Waals surface area contributed by atoms with Crippen molar-refractivity contribution in [2.24, 2.45) is 22.7 Å². The Hall–Kier alpha value is -2.76. The van der Waals surface area contributed by atoms with Crippen molar-refractivity contribution in [2.75, 3.05) is 13.7 Å². The number of allylic oxidation sites excluding steroid dienone is 1. The average molecular weight is 505 g/mol. The molecule has 2 fully saturated rings. The number of ether oxygens (including phenoxy) is 2. The van der Waals surface area contributed by atoms with E-state index in [0.717, 1.165) is 37.0 Å². The van der Waals surface area contributed by atoms with Crippen LogP contribution in [-0.2, 0) is 25.5 Å². The molecule has 5 atom stereocenters. The Morgan fingerprint density at radius 1 is 1.16 bits per heavy atom. The van der Waals surface area contributed by atoms with Crippen molar-refractivity contribution in [3.63, 3.8) is 0 Å². The number of nitrogens with one attached hydrogen (secondary N) is 1. The molecule has 2 aliphatic heterocycles. The third-order valence-corrected chi connectivity index (χ3v) is 11.3. The number of hydrogen-bond acceptors (Lipinski definition) is 5. The summed E-state index contributed by atoms with van der Waals surface area (Å²) in [6.45, 7) is 12.0. The van der Waals surface area contributed by atoms with Crippen molar-refractivity contribution in [3.05, 3.63) is 46.8 Å². The molecule has 6 nitrogen and oxygen atoms in total. The van der Waals surface area contributed by atoms with Crippen LogP contribution in [0, 0.1) is 22.7 Å². The molecular formula is C31H40N2O4. The van der Waals surface area contributed by atoms with Gasteiger partial charge in [-0.05, 0) is 68.9 Å². The van der Waals surface area contributed by atoms with Gasteiger partial charge >= 0.3 is 11.9 Å². The monoisotopic (exact) mass is 504 g/mol. The molecule has 5 unspecified atom stereocenters. The number of benzene rings is 1. The van der Waals surface area contributed by atoms with Crippen LogP contribution in [0.25, 0.3) is 10.9 Å². The predicted octanol–water partition coefficient (Wildman–Crippen LogP) is 6.07. The van der Waals surface area contributed by atoms with Gasteiger partial charge in [-0.2, -0.15) is 0 Å². The number of carbonyl (C=O) groups excluding carboxylic acids is 2. The maximum Gasteiger partial charge on any atom is 0.336 e. The van der Waals surface area contributed by atoms with Gasteiger partial charge in [-0.15, -0.1) is 0 Å². The molecule has 0 spiro atoms. The van der Waals surface area contributed by atoms with Gasteiger partial charge in [-0.25, -0.2) is 4.79 Å². The third kappa shape index (κ3) is 3.29. The molecule has 6 heteroatoms. The second-order valence-corrected chi connectivity index (χ2v) is 12.8. The molecule has 2 aromatic rings. The highest BCUT2D eigenvalue weighted by molar-refractivity contribution is 5.92. The fourth-order valence-corrected chi connectivity index (χ4v) is 8.60. The minimum atomic E-state index is -0.511. The van der Waals surface area contributed by atoms with Crippen molar-refractivity contribution in [3.8, 4) is 0 Å². The lowest BCUT2D eigenvalue weighted by atomic mass is 9.65. The topological polar surface area (TPSA) is 71.6 Å². The molecule has 2 bridgehead atoms. The van der Waals surface area contributed by atoms with E-state index in [1.165, 1.54) is 30.2 Å². The van der Waals surface area contributed by atoms with E-state index in [1.54, 1.807) is 0 Å². The first kappa shape index (κ1) is 24.6. The van der Waals surface area contributed by atoms with Gasteiger partial charge in [0.05, 0.1) is 25.1 Å². The summed E-state index contributed by atoms with van der Waals surface area (Å²) < 4.78 is 11.6. The van der Waals surface area contributed by atoms with Gasteiger partial charge in [0, 0.05) is 40.2 Å². The number of fused-ring (bicyclic) bond motifs is 7. The third-order valence-electron chi connectivity index (χ3n) is 11.3. The van der Waals surface area contributed by atoms with Crippen molar-refractivity contribution in [1.29, 1.82) is 0 Å². The van der Waals surface area contributed by atoms with Crippen LogP contribution < -0.4 is 0 Å². The van der Waals surface area contributed by atoms with Gasteiger partial charge < -0.3 is 19.4 Å². The fraction of sp³-hybridized carbons (Fsp3) is 0.613. The Labute approximate surface area is 219 Å². The quantitative estimate of drug-likeness (QED) is 0.512. The molecule has 2 saturated carbocycles. The van der Waals surface area contributed by atoms with Crippen LogP contribution in [0.4, 0.5) is 0 Å². The lowest BCUT2D eigenvalue weighted by Crippen LogP contribution is -2.49. The Balaban J connectivity index is 1.37. The number of methoxy groups -OCH3 is 1. The van der Waals surface area contributed by atoms with Crippen LogP contribution in [0.1, 0.15) is 84.0 Å². The second kappa shape index (κ2) is 8.12. The zero-order valence-corrected chi connectivity index (χ0v) is 23.1. The van der Waals surface area contributed by atoms with Gasteiger partial charge in [-0.1, -0.05) is 39.0 Å². The van der Waals surface area contributed by atoms with Crippen molar-refractivity contribution < 1.29 is 19.1 Å². The number of para-hydroxylation sites is 1. The van der Waals surface area contributed by atoms with E-state index in [1.807, 2.05) is 6.92 Å². The van der Waals surface area contributed by atoms with E-state index in [4.69, 9.17) is 9.47 Å². The highest BCUT2D eigenvalue weighted by Gasteiger charge is 2.69. The minimum Gasteiger partial charge on any atom is -0.469 e. The maximum atomic E-state index is 14.1. The van der Waals surface area contributed by atoms with Crippen LogP contribution in [-0.4, -0.2) is 41.1 Å². The molecule has 0 amide bonds. The van der Waals surface area contributed by atoms with Crippen LogP contribution in [0.3, 0.4) is 0 Å². The Morgan fingerprint density at radius 2 is 1.92 bits per heavy atom. The molecule has 2 aliphatic carbocycles. The number of carbonyl (C=O) groups is 2. The Bertz CT molecular complexity index is 1320. The highest BCUT2D eigenvalue weighted by atomic mass is 16.6. The lowest BCUT2D eigenvalue weighted by molar-refractivity contribution is -0.171. The number of aromatic nitrogens is 1. The maximum absolute atomic E-state index is 14.1. The summed E-state index contributed by atoms with van der Waals surface area (Å²) >= 11 is 0. The molecule has 0 saturated heterocycles. The smallest absolute Gasteiger partial charge is 0.336 e. The average Bonchev–Trinajstić information content (AvgIpc) is 3.39. The van der Waals surface area contributed by atoms with Crippen LogP contribution in [0.2, 0.25) is 0 Å². The molecule has 1 aromatic carbocycles. The molecule has 1 N–H and O–H groups in total. The predicted molar refractivity (Wildman–Crippen MR) is 143 cm³/mol. The van der Waals surface area contributed by atoms with E-state index < -0.39 is 5.60 Å². The van der Waals surface area contributed by atoms with Crippen molar-refractivity contribution >= 4 is 22.8 Å². The van der Waals surface area contributed by atoms with Gasteiger partial charge in [0.15, 0.2) is 0 Å². The van der Waals surface area contributed by atoms with E-state index in [9.17, 15) is 9.59 Å². The first-order valence-electron chi connectivity index (χ1n) is 13.9. The van der Waals surface area contributed by atoms with E-state index in [-0.39, 0.29) is 41.1 Å². The Morgan fingerprint density at radius 3 is 2.59 bits per heavy atom. The largest absolute Gasteiger partial charge is 0.469 e. The van der Waals surface area contributed by atoms with Crippen LogP contribution >= 0.6 is 0 Å². The zero-order valence-electron chi connectivity index (χ0n) is 23.1. The van der Waals surface area contributed by atoms with Gasteiger partial charge in [0.2, 0.25) is 0 Å². The number of rotatable bonds is 4.